The number of likely N-dealkylation sites (N-methyl/N-ethyl adjacent to an activating group) is 1. The Bertz CT molecular complexity index is 786. The molecule has 4 nitrogen and oxygen atoms in total. The SMILES string of the molecule is CSc1ccc(CN(C)C(=O)C2CCCN2C(=O)C23CC4CC(CC(C4)C2)C3)cc1. The fourth-order valence-electron chi connectivity index (χ4n) is 7.28. The molecule has 30 heavy (non-hydrogen) atoms. The minimum absolute atomic E-state index is 0.111. The number of carbonyl (C=O) groups excluding carboxylic acids is 2. The number of thioether (sulfide) groups is 1. The summed E-state index contributed by atoms with van der Waals surface area (Å²) in [6.45, 7) is 1.36. The molecule has 1 atom stereocenters. The first-order chi connectivity index (χ1) is 14.5. The van der Waals surface area contributed by atoms with Crippen LogP contribution >= 0.6 is 11.8 Å². The Hall–Kier alpha value is -1.49. The molecule has 4 bridgehead atoms. The second-order valence-electron chi connectivity index (χ2n) is 10.4. The number of benzene rings is 1. The summed E-state index contributed by atoms with van der Waals surface area (Å²) >= 11 is 1.73. The second kappa shape index (κ2) is 7.89. The minimum atomic E-state index is -0.263. The van der Waals surface area contributed by atoms with Gasteiger partial charge in [0, 0.05) is 25.0 Å². The van der Waals surface area contributed by atoms with Crippen LogP contribution < -0.4 is 0 Å². The van der Waals surface area contributed by atoms with Crippen LogP contribution in [-0.4, -0.2) is 47.5 Å². The van der Waals surface area contributed by atoms with Gasteiger partial charge in [0.2, 0.25) is 11.8 Å². The number of nitrogens with zero attached hydrogens (tertiary/aromatic N) is 2. The van der Waals surface area contributed by atoms with Crippen molar-refractivity contribution in [3.63, 3.8) is 0 Å². The molecule has 1 heterocycles. The van der Waals surface area contributed by atoms with Gasteiger partial charge in [-0.1, -0.05) is 12.1 Å². The maximum absolute atomic E-state index is 13.8. The van der Waals surface area contributed by atoms with Gasteiger partial charge in [-0.2, -0.15) is 0 Å². The lowest BCUT2D eigenvalue weighted by molar-refractivity contribution is -0.161. The number of carbonyl (C=O) groups is 2. The average Bonchev–Trinajstić information content (AvgIpc) is 3.21. The number of hydrogen-bond acceptors (Lipinski definition) is 3. The van der Waals surface area contributed by atoms with Crippen molar-refractivity contribution in [2.45, 2.75) is 68.8 Å². The van der Waals surface area contributed by atoms with Gasteiger partial charge in [0.05, 0.1) is 5.41 Å². The summed E-state index contributed by atoms with van der Waals surface area (Å²) in [4.78, 5) is 32.2. The highest BCUT2D eigenvalue weighted by molar-refractivity contribution is 7.98. The van der Waals surface area contributed by atoms with Gasteiger partial charge < -0.3 is 9.80 Å². The van der Waals surface area contributed by atoms with E-state index < -0.39 is 0 Å². The van der Waals surface area contributed by atoms with Crippen LogP contribution in [0.5, 0.6) is 0 Å². The Balaban J connectivity index is 1.28. The van der Waals surface area contributed by atoms with Gasteiger partial charge in [0.1, 0.15) is 6.04 Å². The van der Waals surface area contributed by atoms with Crippen molar-refractivity contribution in [3.8, 4) is 0 Å². The molecule has 0 N–H and O–H groups in total. The molecule has 4 saturated carbocycles. The van der Waals surface area contributed by atoms with E-state index >= 15 is 0 Å². The van der Waals surface area contributed by atoms with E-state index in [1.165, 1.54) is 24.2 Å². The van der Waals surface area contributed by atoms with E-state index in [2.05, 4.69) is 30.5 Å². The molecule has 6 rings (SSSR count). The Morgan fingerprint density at radius 2 is 1.67 bits per heavy atom. The summed E-state index contributed by atoms with van der Waals surface area (Å²) in [6.07, 6.45) is 11.1. The Kier molecular flexibility index (Phi) is 5.37. The normalized spacial score (nSPS) is 34.4. The van der Waals surface area contributed by atoms with Crippen molar-refractivity contribution in [1.29, 1.82) is 0 Å². The molecule has 162 valence electrons. The van der Waals surface area contributed by atoms with Gasteiger partial charge in [0.25, 0.3) is 0 Å². The topological polar surface area (TPSA) is 40.6 Å². The van der Waals surface area contributed by atoms with Gasteiger partial charge in [0.15, 0.2) is 0 Å². The highest BCUT2D eigenvalue weighted by Gasteiger charge is 2.56. The molecule has 5 heteroatoms. The van der Waals surface area contributed by atoms with Crippen LogP contribution in [0, 0.1) is 23.2 Å². The summed E-state index contributed by atoms with van der Waals surface area (Å²) in [6, 6.07) is 8.15. The molecule has 5 aliphatic rings. The van der Waals surface area contributed by atoms with Crippen molar-refractivity contribution in [1.82, 2.24) is 9.80 Å². The van der Waals surface area contributed by atoms with E-state index in [9.17, 15) is 9.59 Å². The van der Waals surface area contributed by atoms with Crippen molar-refractivity contribution >= 4 is 23.6 Å². The number of likely N-dealkylation sites (tertiary alicyclic amines) is 1. The molecule has 1 unspecified atom stereocenters. The van der Waals surface area contributed by atoms with Crippen LogP contribution in [0.25, 0.3) is 0 Å². The zero-order chi connectivity index (χ0) is 20.9. The lowest BCUT2D eigenvalue weighted by Gasteiger charge is -2.56. The molecule has 4 aliphatic carbocycles. The summed E-state index contributed by atoms with van der Waals surface area (Å²) in [5.74, 6) is 2.69. The minimum Gasteiger partial charge on any atom is -0.340 e. The van der Waals surface area contributed by atoms with Crippen LogP contribution in [0.1, 0.15) is 56.9 Å². The van der Waals surface area contributed by atoms with Crippen molar-refractivity contribution in [3.05, 3.63) is 29.8 Å². The Morgan fingerprint density at radius 3 is 2.23 bits per heavy atom. The summed E-state index contributed by atoms with van der Waals surface area (Å²) in [5, 5.41) is 0. The molecule has 1 aromatic carbocycles. The molecule has 1 aliphatic heterocycles. The highest BCUT2D eigenvalue weighted by Crippen LogP contribution is 2.60. The van der Waals surface area contributed by atoms with E-state index in [0.717, 1.165) is 62.0 Å². The number of hydrogen-bond donors (Lipinski definition) is 0. The summed E-state index contributed by atoms with van der Waals surface area (Å²) < 4.78 is 0. The van der Waals surface area contributed by atoms with E-state index in [-0.39, 0.29) is 17.4 Å². The van der Waals surface area contributed by atoms with Gasteiger partial charge in [-0.05, 0) is 93.1 Å². The molecular formula is C25H34N2O2S. The first-order valence-corrected chi connectivity index (χ1v) is 12.9. The van der Waals surface area contributed by atoms with Gasteiger partial charge in [-0.3, -0.25) is 9.59 Å². The predicted molar refractivity (Wildman–Crippen MR) is 120 cm³/mol. The molecule has 0 radical (unpaired) electrons. The third-order valence-electron chi connectivity index (χ3n) is 8.25. The first-order valence-electron chi connectivity index (χ1n) is 11.7. The maximum Gasteiger partial charge on any atom is 0.245 e. The quantitative estimate of drug-likeness (QED) is 0.648. The lowest BCUT2D eigenvalue weighted by atomic mass is 9.49. The van der Waals surface area contributed by atoms with Crippen molar-refractivity contribution < 1.29 is 9.59 Å². The molecule has 0 aromatic heterocycles. The Labute approximate surface area is 184 Å². The maximum atomic E-state index is 13.8. The second-order valence-corrected chi connectivity index (χ2v) is 11.3. The van der Waals surface area contributed by atoms with Crippen LogP contribution in [0.4, 0.5) is 0 Å². The van der Waals surface area contributed by atoms with E-state index in [1.54, 1.807) is 11.8 Å². The molecule has 1 aromatic rings. The monoisotopic (exact) mass is 426 g/mol. The van der Waals surface area contributed by atoms with E-state index in [4.69, 9.17) is 0 Å². The third kappa shape index (κ3) is 3.57. The van der Waals surface area contributed by atoms with Crippen molar-refractivity contribution in [2.24, 2.45) is 23.2 Å². The zero-order valence-corrected chi connectivity index (χ0v) is 19.1. The zero-order valence-electron chi connectivity index (χ0n) is 18.3. The highest BCUT2D eigenvalue weighted by atomic mass is 32.2. The van der Waals surface area contributed by atoms with Gasteiger partial charge in [-0.25, -0.2) is 0 Å². The van der Waals surface area contributed by atoms with Crippen LogP contribution in [0.3, 0.4) is 0 Å². The first kappa shape index (κ1) is 20.4. The van der Waals surface area contributed by atoms with Crippen molar-refractivity contribution in [2.75, 3.05) is 19.8 Å². The average molecular weight is 427 g/mol. The van der Waals surface area contributed by atoms with Gasteiger partial charge in [-0.15, -0.1) is 11.8 Å². The molecule has 1 saturated heterocycles. The Morgan fingerprint density at radius 1 is 1.07 bits per heavy atom. The van der Waals surface area contributed by atoms with E-state index in [1.807, 2.05) is 16.8 Å². The van der Waals surface area contributed by atoms with Gasteiger partial charge >= 0.3 is 0 Å². The smallest absolute Gasteiger partial charge is 0.245 e. The molecular weight excluding hydrogens is 392 g/mol. The number of rotatable bonds is 5. The van der Waals surface area contributed by atoms with E-state index in [0.29, 0.717) is 12.5 Å². The standard InChI is InChI=1S/C25H34N2O2S/c1-26(16-17-5-7-21(30-2)8-6-17)23(28)22-4-3-9-27(22)24(29)25-13-18-10-19(14-25)12-20(11-18)15-25/h5-8,18-20,22H,3-4,9-16H2,1-2H3. The predicted octanol–water partition coefficient (Wildman–Crippen LogP) is 4.57. The molecule has 2 amide bonds. The lowest BCUT2D eigenvalue weighted by Crippen LogP contribution is -2.57. The van der Waals surface area contributed by atoms with Crippen LogP contribution in [-0.2, 0) is 16.1 Å². The third-order valence-corrected chi connectivity index (χ3v) is 8.99. The fraction of sp³-hybridized carbons (Fsp3) is 0.680. The number of amides is 2. The van der Waals surface area contributed by atoms with Crippen LogP contribution in [0.15, 0.2) is 29.2 Å². The summed E-state index contributed by atoms with van der Waals surface area (Å²) in [7, 11) is 1.89. The fourth-order valence-corrected chi connectivity index (χ4v) is 7.69. The summed E-state index contributed by atoms with van der Waals surface area (Å²) in [5.41, 5.74) is 0.990. The van der Waals surface area contributed by atoms with Crippen LogP contribution in [0.2, 0.25) is 0 Å². The molecule has 5 fully saturated rings. The largest absolute Gasteiger partial charge is 0.340 e. The molecule has 0 spiro atoms.